The van der Waals surface area contributed by atoms with Crippen LogP contribution in [0.3, 0.4) is 0 Å². The first-order valence-corrected chi connectivity index (χ1v) is 9.41. The van der Waals surface area contributed by atoms with E-state index in [1.165, 1.54) is 0 Å². The van der Waals surface area contributed by atoms with Gasteiger partial charge in [0.2, 0.25) is 10.0 Å². The largest absolute Gasteiger partial charge is 0.399 e. The lowest BCUT2D eigenvalue weighted by Gasteiger charge is -2.34. The zero-order valence-corrected chi connectivity index (χ0v) is 14.6. The Bertz CT molecular complexity index is 837. The van der Waals surface area contributed by atoms with Crippen LogP contribution >= 0.6 is 0 Å². The van der Waals surface area contributed by atoms with Gasteiger partial charge < -0.3 is 25.1 Å². The minimum absolute atomic E-state index is 0.0240. The minimum atomic E-state index is -3.92. The fourth-order valence-electron chi connectivity index (χ4n) is 3.79. The number of fused-ring (bicyclic) bond motifs is 2. The van der Waals surface area contributed by atoms with Gasteiger partial charge in [0.15, 0.2) is 12.1 Å². The van der Waals surface area contributed by atoms with Gasteiger partial charge in [-0.25, -0.2) is 8.42 Å². The van der Waals surface area contributed by atoms with E-state index in [2.05, 4.69) is 4.72 Å². The lowest BCUT2D eigenvalue weighted by Crippen LogP contribution is -2.61. The van der Waals surface area contributed by atoms with Crippen LogP contribution in [0.1, 0.15) is 19.4 Å². The molecule has 25 heavy (non-hydrogen) atoms. The number of aliphatic hydroxyl groups is 1. The molecule has 4 atom stereocenters. The molecule has 1 spiro atoms. The third-order valence-electron chi connectivity index (χ3n) is 4.78. The maximum absolute atomic E-state index is 12.9. The molecule has 3 aliphatic rings. The summed E-state index contributed by atoms with van der Waals surface area (Å²) in [6.45, 7) is 2.97. The number of aliphatic hydroxyl groups excluding tert-OH is 1. The highest BCUT2D eigenvalue weighted by molar-refractivity contribution is 7.99. The first kappa shape index (κ1) is 17.0. The predicted octanol–water partition coefficient (Wildman–Crippen LogP) is -0.146. The molecule has 0 radical (unpaired) electrons. The third kappa shape index (κ3) is 2.28. The number of sulfonamides is 1. The molecule has 0 aromatic heterocycles. The SMILES string of the molecule is CC1(C)O[C@H]2O[C@H](CO)[C@@]3(NS(=O)(=O)C(c4ccccc4)=C3N)[C@H]2O1. The number of benzene rings is 1. The van der Waals surface area contributed by atoms with Crippen LogP contribution in [-0.2, 0) is 24.2 Å². The van der Waals surface area contributed by atoms with E-state index in [0.29, 0.717) is 5.56 Å². The van der Waals surface area contributed by atoms with Gasteiger partial charge in [0.25, 0.3) is 0 Å². The van der Waals surface area contributed by atoms with E-state index >= 15 is 0 Å². The van der Waals surface area contributed by atoms with Crippen molar-refractivity contribution >= 4 is 14.9 Å². The Kier molecular flexibility index (Phi) is 3.56. The van der Waals surface area contributed by atoms with Gasteiger partial charge in [0.05, 0.1) is 12.3 Å². The molecular weight excluding hydrogens is 348 g/mol. The van der Waals surface area contributed by atoms with Gasteiger partial charge in [-0.1, -0.05) is 30.3 Å². The zero-order valence-electron chi connectivity index (χ0n) is 13.8. The van der Waals surface area contributed by atoms with Crippen LogP contribution in [-0.4, -0.2) is 50.0 Å². The van der Waals surface area contributed by atoms with Crippen molar-refractivity contribution in [3.63, 3.8) is 0 Å². The van der Waals surface area contributed by atoms with Crippen LogP contribution < -0.4 is 10.5 Å². The fourth-order valence-corrected chi connectivity index (χ4v) is 5.60. The predicted molar refractivity (Wildman–Crippen MR) is 88.1 cm³/mol. The Hall–Kier alpha value is -1.49. The smallest absolute Gasteiger partial charge is 0.244 e. The zero-order chi connectivity index (χ0) is 18.0. The Labute approximate surface area is 145 Å². The molecule has 3 heterocycles. The van der Waals surface area contributed by atoms with Crippen molar-refractivity contribution in [3.05, 3.63) is 41.6 Å². The Balaban J connectivity index is 1.90. The van der Waals surface area contributed by atoms with Crippen LogP contribution in [0.15, 0.2) is 36.0 Å². The van der Waals surface area contributed by atoms with Crippen molar-refractivity contribution in [2.75, 3.05) is 6.61 Å². The van der Waals surface area contributed by atoms with Gasteiger partial charge in [0.1, 0.15) is 22.7 Å². The molecule has 136 valence electrons. The monoisotopic (exact) mass is 368 g/mol. The summed E-state index contributed by atoms with van der Waals surface area (Å²) >= 11 is 0. The van der Waals surface area contributed by atoms with Crippen molar-refractivity contribution in [2.45, 2.75) is 43.7 Å². The molecule has 0 aliphatic carbocycles. The lowest BCUT2D eigenvalue weighted by molar-refractivity contribution is -0.214. The lowest BCUT2D eigenvalue weighted by atomic mass is 9.85. The average molecular weight is 368 g/mol. The molecule has 0 bridgehead atoms. The van der Waals surface area contributed by atoms with E-state index in [1.54, 1.807) is 44.2 Å². The summed E-state index contributed by atoms with van der Waals surface area (Å²) in [6.07, 6.45) is -2.56. The second-order valence-electron chi connectivity index (χ2n) is 6.82. The molecule has 2 saturated heterocycles. The van der Waals surface area contributed by atoms with Crippen molar-refractivity contribution in [2.24, 2.45) is 5.73 Å². The number of nitrogens with two attached hydrogens (primary N) is 1. The quantitative estimate of drug-likeness (QED) is 0.664. The number of ether oxygens (including phenoxy) is 3. The van der Waals surface area contributed by atoms with E-state index in [1.807, 2.05) is 0 Å². The average Bonchev–Trinajstić information content (AvgIpc) is 3.06. The minimum Gasteiger partial charge on any atom is -0.399 e. The van der Waals surface area contributed by atoms with Crippen molar-refractivity contribution in [1.29, 1.82) is 0 Å². The standard InChI is InChI=1S/C16H20N2O6S/c1-15(2)23-13-14(24-15)22-10(8-19)16(13)12(17)11(25(20,21)18-16)9-6-4-3-5-7-9/h3-7,10,13-14,18-19H,8,17H2,1-2H3/t10-,13+,14-,16+/m1/s1. The molecule has 4 N–H and O–H groups in total. The second kappa shape index (κ2) is 5.26. The first-order valence-electron chi connectivity index (χ1n) is 7.93. The van der Waals surface area contributed by atoms with Crippen molar-refractivity contribution in [3.8, 4) is 0 Å². The normalized spacial score (nSPS) is 38.4. The molecule has 0 unspecified atom stereocenters. The number of hydrogen-bond acceptors (Lipinski definition) is 7. The molecular formula is C16H20N2O6S. The molecule has 3 aliphatic heterocycles. The highest BCUT2D eigenvalue weighted by atomic mass is 32.2. The molecule has 0 saturated carbocycles. The summed E-state index contributed by atoms with van der Waals surface area (Å²) in [5.74, 6) is -0.954. The van der Waals surface area contributed by atoms with Crippen LogP contribution in [0.25, 0.3) is 4.91 Å². The van der Waals surface area contributed by atoms with Gasteiger partial charge in [0, 0.05) is 0 Å². The number of hydrogen-bond donors (Lipinski definition) is 3. The Morgan fingerprint density at radius 1 is 1.24 bits per heavy atom. The van der Waals surface area contributed by atoms with Crippen LogP contribution in [0.4, 0.5) is 0 Å². The maximum Gasteiger partial charge on any atom is 0.244 e. The van der Waals surface area contributed by atoms with E-state index < -0.39 is 46.5 Å². The summed E-state index contributed by atoms with van der Waals surface area (Å²) < 4.78 is 45.6. The van der Waals surface area contributed by atoms with E-state index in [9.17, 15) is 13.5 Å². The van der Waals surface area contributed by atoms with Crippen LogP contribution in [0, 0.1) is 0 Å². The number of rotatable bonds is 2. The topological polar surface area (TPSA) is 120 Å². The first-order chi connectivity index (χ1) is 11.7. The molecule has 4 rings (SSSR count). The highest BCUT2D eigenvalue weighted by Gasteiger charge is 2.69. The molecule has 0 amide bonds. The van der Waals surface area contributed by atoms with Gasteiger partial charge in [-0.15, -0.1) is 0 Å². The third-order valence-corrected chi connectivity index (χ3v) is 6.38. The van der Waals surface area contributed by atoms with Gasteiger partial charge >= 0.3 is 0 Å². The van der Waals surface area contributed by atoms with E-state index in [-0.39, 0.29) is 10.6 Å². The summed E-state index contributed by atoms with van der Waals surface area (Å²) in [7, 11) is -3.92. The van der Waals surface area contributed by atoms with Crippen molar-refractivity contribution < 1.29 is 27.7 Å². The molecule has 9 heteroatoms. The van der Waals surface area contributed by atoms with Gasteiger partial charge in [-0.3, -0.25) is 0 Å². The summed E-state index contributed by atoms with van der Waals surface area (Å²) in [4.78, 5) is -0.0240. The van der Waals surface area contributed by atoms with Gasteiger partial charge in [-0.05, 0) is 19.4 Å². The molecule has 1 aromatic carbocycles. The summed E-state index contributed by atoms with van der Waals surface area (Å²) in [5, 5.41) is 9.77. The van der Waals surface area contributed by atoms with Crippen LogP contribution in [0.2, 0.25) is 0 Å². The van der Waals surface area contributed by atoms with Gasteiger partial charge in [-0.2, -0.15) is 4.72 Å². The molecule has 2 fully saturated rings. The van der Waals surface area contributed by atoms with E-state index in [4.69, 9.17) is 19.9 Å². The summed E-state index contributed by atoms with van der Waals surface area (Å²) in [6, 6.07) is 8.57. The highest BCUT2D eigenvalue weighted by Crippen LogP contribution is 2.50. The van der Waals surface area contributed by atoms with E-state index in [0.717, 1.165) is 0 Å². The second-order valence-corrected chi connectivity index (χ2v) is 8.43. The maximum atomic E-state index is 12.9. The Morgan fingerprint density at radius 3 is 2.56 bits per heavy atom. The molecule has 1 aromatic rings. The Morgan fingerprint density at radius 2 is 1.92 bits per heavy atom. The molecule has 8 nitrogen and oxygen atoms in total. The van der Waals surface area contributed by atoms with Crippen molar-refractivity contribution in [1.82, 2.24) is 4.72 Å². The number of nitrogens with one attached hydrogen (secondary N) is 1. The fraction of sp³-hybridized carbons (Fsp3) is 0.500. The summed E-state index contributed by atoms with van der Waals surface area (Å²) in [5.41, 5.74) is 5.45. The van der Waals surface area contributed by atoms with Crippen LogP contribution in [0.5, 0.6) is 0 Å².